The van der Waals surface area contributed by atoms with Gasteiger partial charge in [-0.05, 0) is 103 Å². The predicted molar refractivity (Wildman–Crippen MR) is 243 cm³/mol. The van der Waals surface area contributed by atoms with E-state index in [1.165, 1.54) is 14.2 Å². The first kappa shape index (κ1) is 44.0. The van der Waals surface area contributed by atoms with Gasteiger partial charge in [0.25, 0.3) is 0 Å². The number of aliphatic hydroxyl groups is 1. The van der Waals surface area contributed by atoms with E-state index in [0.717, 1.165) is 106 Å². The Balaban J connectivity index is 0.839. The van der Waals surface area contributed by atoms with Gasteiger partial charge in [-0.25, -0.2) is 14.8 Å². The van der Waals surface area contributed by atoms with Crippen molar-refractivity contribution in [2.75, 3.05) is 53.7 Å². The number of methoxy groups -OCH3 is 2. The van der Waals surface area contributed by atoms with Gasteiger partial charge in [0.1, 0.15) is 30.0 Å². The summed E-state index contributed by atoms with van der Waals surface area (Å²) >= 11 is 0. The molecule has 4 saturated heterocycles. The van der Waals surface area contributed by atoms with Gasteiger partial charge in [0, 0.05) is 63.1 Å². The molecule has 0 saturated carbocycles. The first-order valence-corrected chi connectivity index (χ1v) is 23.3. The fourth-order valence-corrected chi connectivity index (χ4v) is 10.7. The number of nitrogens with one attached hydrogen (secondary N) is 4. The zero-order valence-corrected chi connectivity index (χ0v) is 37.4. The summed E-state index contributed by atoms with van der Waals surface area (Å²) in [4.78, 5) is 60.9. The maximum atomic E-state index is 14.1. The highest BCUT2D eigenvalue weighted by Gasteiger charge is 2.42. The van der Waals surface area contributed by atoms with Crippen LogP contribution in [-0.2, 0) is 35.1 Å². The Bertz CT molecular complexity index is 2570. The number of aromatic amines is 2. The summed E-state index contributed by atoms with van der Waals surface area (Å²) in [5, 5.41) is 18.2. The number of aliphatic hydroxyl groups excluding tert-OH is 1. The summed E-state index contributed by atoms with van der Waals surface area (Å²) in [6.45, 7) is 3.87. The van der Waals surface area contributed by atoms with Crippen LogP contribution in [0.25, 0.3) is 44.4 Å². The van der Waals surface area contributed by atoms with Gasteiger partial charge in [-0.2, -0.15) is 0 Å². The molecule has 66 heavy (non-hydrogen) atoms. The lowest BCUT2D eigenvalue weighted by Crippen LogP contribution is -2.54. The molecule has 2 unspecified atom stereocenters. The molecule has 10 rings (SSSR count). The first-order chi connectivity index (χ1) is 32.3. The van der Waals surface area contributed by atoms with Crippen LogP contribution >= 0.6 is 0 Å². The maximum Gasteiger partial charge on any atom is 0.407 e. The summed E-state index contributed by atoms with van der Waals surface area (Å²) < 4.78 is 27.6. The van der Waals surface area contributed by atoms with Gasteiger partial charge < -0.3 is 53.9 Å². The fourth-order valence-electron chi connectivity index (χ4n) is 10.7. The van der Waals surface area contributed by atoms with Crippen LogP contribution in [0.3, 0.4) is 0 Å². The van der Waals surface area contributed by atoms with Crippen molar-refractivity contribution in [2.45, 2.75) is 88.6 Å². The van der Waals surface area contributed by atoms with Gasteiger partial charge >= 0.3 is 6.09 Å². The number of hydrogen-bond acceptors (Lipinski definition) is 12. The second-order valence-electron chi connectivity index (χ2n) is 18.0. The molecule has 3 aromatic carbocycles. The Kier molecular flexibility index (Phi) is 12.8. The third kappa shape index (κ3) is 8.65. The SMILES string of the molecule is COC(=O)N[C@H](C(=O)N1CCCC1c1ncc(-c2ccc3c(c2)COc2c-3ccc3cc(-c4cnc([C@@H]5CCCN5C(=O)[C@@H](NC(O)OC)C5CCOCC5)[nH]4)ccc23)[nH]1)C1CCOCC1. The van der Waals surface area contributed by atoms with Gasteiger partial charge in [0.2, 0.25) is 18.2 Å². The number of aromatic nitrogens is 4. The van der Waals surface area contributed by atoms with Crippen molar-refractivity contribution in [2.24, 2.45) is 11.8 Å². The van der Waals surface area contributed by atoms with Crippen LogP contribution in [0.1, 0.15) is 80.7 Å². The highest BCUT2D eigenvalue weighted by atomic mass is 16.6. The van der Waals surface area contributed by atoms with E-state index in [4.69, 9.17) is 33.7 Å². The number of H-pyrrole nitrogens is 2. The molecular weight excluding hydrogens is 845 g/mol. The molecule has 0 aliphatic carbocycles. The number of alkyl carbamates (subject to hydrolysis) is 1. The molecule has 3 amide bonds. The molecular formula is C49H58N8O9. The Morgan fingerprint density at radius 3 is 1.94 bits per heavy atom. The van der Waals surface area contributed by atoms with Gasteiger partial charge in [-0.15, -0.1) is 0 Å². The monoisotopic (exact) mass is 902 g/mol. The second kappa shape index (κ2) is 19.2. The van der Waals surface area contributed by atoms with Crippen molar-refractivity contribution >= 4 is 28.7 Å². The normalized spacial score (nSPS) is 21.5. The average Bonchev–Trinajstić information content (AvgIpc) is 4.22. The number of amides is 3. The number of carbonyl (C=O) groups excluding carboxylic acids is 3. The smallest absolute Gasteiger partial charge is 0.407 e. The summed E-state index contributed by atoms with van der Waals surface area (Å²) in [5.74, 6) is 2.11. The molecule has 5 atom stereocenters. The van der Waals surface area contributed by atoms with Crippen molar-refractivity contribution in [3.05, 3.63) is 78.1 Å². The van der Waals surface area contributed by atoms with Gasteiger partial charge in [0.15, 0.2) is 0 Å². The Morgan fingerprint density at radius 2 is 1.32 bits per heavy atom. The van der Waals surface area contributed by atoms with E-state index in [1.807, 2.05) is 22.2 Å². The number of rotatable bonds is 12. The summed E-state index contributed by atoms with van der Waals surface area (Å²) in [7, 11) is 2.72. The van der Waals surface area contributed by atoms with Crippen molar-refractivity contribution in [3.8, 4) is 39.4 Å². The molecule has 0 spiro atoms. The van der Waals surface area contributed by atoms with E-state index in [2.05, 4.69) is 69.1 Å². The number of ether oxygens (including phenoxy) is 5. The Labute approximate surface area is 382 Å². The van der Waals surface area contributed by atoms with E-state index in [-0.39, 0.29) is 35.7 Å². The van der Waals surface area contributed by atoms with Crippen molar-refractivity contribution in [3.63, 3.8) is 0 Å². The Morgan fingerprint density at radius 1 is 0.742 bits per heavy atom. The summed E-state index contributed by atoms with van der Waals surface area (Å²) in [5.41, 5.74) is 6.85. The van der Waals surface area contributed by atoms with E-state index in [0.29, 0.717) is 59.0 Å². The number of nitrogens with zero attached hydrogens (tertiary/aromatic N) is 4. The maximum absolute atomic E-state index is 14.1. The van der Waals surface area contributed by atoms with Crippen LogP contribution in [0.2, 0.25) is 0 Å². The van der Waals surface area contributed by atoms with Crippen LogP contribution in [0.5, 0.6) is 5.75 Å². The van der Waals surface area contributed by atoms with Gasteiger partial charge in [-0.3, -0.25) is 14.9 Å². The van der Waals surface area contributed by atoms with E-state index < -0.39 is 24.6 Å². The number of likely N-dealkylation sites (tertiary alicyclic amines) is 2. The van der Waals surface area contributed by atoms with E-state index >= 15 is 0 Å². The molecule has 5 aromatic rings. The summed E-state index contributed by atoms with van der Waals surface area (Å²) in [6.07, 6.45) is 7.89. The lowest BCUT2D eigenvalue weighted by Gasteiger charge is -2.35. The standard InChI is InChI=1S/C49H58N8O9/c1-62-48(60)54-41(28-13-19-64-20-14-28)46(58)56-17-3-5-39(56)44-50-25-37(52-44)31-9-11-35-30(23-31)7-12-36-34-10-8-32(24-33(34)27-66-43(35)36)38-26-51-45(53-38)40-6-4-18-57(40)47(59)42(55-49(61)63-2)29-15-21-65-22-16-29/h7-12,23-26,28-29,39-42,48,54,60H,3-6,13-22,27H2,1-2H3,(H,50,52)(H,51,53)(H,55,61)/t39-,40?,41-,42-,48?/m0/s1. The topological polar surface area (TPSA) is 205 Å². The highest BCUT2D eigenvalue weighted by Crippen LogP contribution is 2.44. The van der Waals surface area contributed by atoms with Gasteiger partial charge in [0.05, 0.1) is 49.0 Å². The third-order valence-electron chi connectivity index (χ3n) is 14.3. The number of fused-ring (bicyclic) bond motifs is 5. The molecule has 17 nitrogen and oxygen atoms in total. The molecule has 0 radical (unpaired) electrons. The molecule has 5 aliphatic rings. The highest BCUT2D eigenvalue weighted by molar-refractivity contribution is 5.98. The zero-order chi connectivity index (χ0) is 45.3. The molecule has 348 valence electrons. The quantitative estimate of drug-likeness (QED) is 0.0920. The van der Waals surface area contributed by atoms with E-state index in [1.54, 1.807) is 0 Å². The minimum atomic E-state index is -1.25. The molecule has 5 aliphatic heterocycles. The van der Waals surface area contributed by atoms with Gasteiger partial charge in [-0.1, -0.05) is 30.3 Å². The molecule has 2 aromatic heterocycles. The molecule has 4 fully saturated rings. The summed E-state index contributed by atoms with van der Waals surface area (Å²) in [6, 6.07) is 15.2. The van der Waals surface area contributed by atoms with Crippen LogP contribution in [0.4, 0.5) is 4.79 Å². The number of carbonyl (C=O) groups is 3. The molecule has 0 bridgehead atoms. The lowest BCUT2D eigenvalue weighted by atomic mass is 9.90. The Hall–Kier alpha value is -5.85. The molecule has 5 N–H and O–H groups in total. The van der Waals surface area contributed by atoms with Crippen molar-refractivity contribution < 1.29 is 43.2 Å². The minimum absolute atomic E-state index is 0.0232. The number of benzene rings is 3. The van der Waals surface area contributed by atoms with Crippen LogP contribution < -0.4 is 15.4 Å². The van der Waals surface area contributed by atoms with Crippen molar-refractivity contribution in [1.29, 1.82) is 0 Å². The number of imidazole rings is 2. The minimum Gasteiger partial charge on any atom is -0.488 e. The van der Waals surface area contributed by atoms with E-state index in [9.17, 15) is 19.5 Å². The van der Waals surface area contributed by atoms with Crippen molar-refractivity contribution in [1.82, 2.24) is 40.4 Å². The molecule has 17 heteroatoms. The predicted octanol–water partition coefficient (Wildman–Crippen LogP) is 5.96. The third-order valence-corrected chi connectivity index (χ3v) is 14.3. The van der Waals surface area contributed by atoms with Crippen LogP contribution in [-0.4, -0.2) is 125 Å². The first-order valence-electron chi connectivity index (χ1n) is 23.3. The fraction of sp³-hybridized carbons (Fsp3) is 0.490. The zero-order valence-electron chi connectivity index (χ0n) is 37.4. The average molecular weight is 903 g/mol. The van der Waals surface area contributed by atoms with Crippen LogP contribution in [0.15, 0.2) is 60.9 Å². The number of hydrogen-bond donors (Lipinski definition) is 5. The lowest BCUT2D eigenvalue weighted by molar-refractivity contribution is -0.147. The van der Waals surface area contributed by atoms with Crippen LogP contribution in [0, 0.1) is 11.8 Å². The largest absolute Gasteiger partial charge is 0.488 e. The second-order valence-corrected chi connectivity index (χ2v) is 18.0. The molecule has 7 heterocycles.